The molecule has 2 aromatic rings. The largest absolute Gasteiger partial charge is 0.388 e. The van der Waals surface area contributed by atoms with Crippen LogP contribution in [0, 0.1) is 0 Å². The predicted molar refractivity (Wildman–Crippen MR) is 61.8 cm³/mol. The minimum atomic E-state index is -0.377. The first-order chi connectivity index (χ1) is 7.36. The van der Waals surface area contributed by atoms with Gasteiger partial charge in [0.05, 0.1) is 16.5 Å². The van der Waals surface area contributed by atoms with Crippen LogP contribution in [0.25, 0.3) is 0 Å². The van der Waals surface area contributed by atoms with Gasteiger partial charge in [-0.05, 0) is 18.4 Å². The molecule has 0 aliphatic carbocycles. The summed E-state index contributed by atoms with van der Waals surface area (Å²) >= 11 is 1.51. The molecule has 2 rings (SSSR count). The minimum Gasteiger partial charge on any atom is -0.388 e. The van der Waals surface area contributed by atoms with Gasteiger partial charge in [-0.3, -0.25) is 4.98 Å². The molecular weight excluding hydrogens is 206 g/mol. The van der Waals surface area contributed by atoms with Gasteiger partial charge in [0.25, 0.3) is 0 Å². The van der Waals surface area contributed by atoms with Crippen molar-refractivity contribution in [2.24, 2.45) is 0 Å². The van der Waals surface area contributed by atoms with Crippen molar-refractivity contribution in [2.45, 2.75) is 18.9 Å². The molecule has 0 amide bonds. The Balaban J connectivity index is 1.89. The van der Waals surface area contributed by atoms with Gasteiger partial charge in [0.1, 0.15) is 0 Å². The second-order valence-corrected chi connectivity index (χ2v) is 4.36. The molecule has 1 unspecified atom stereocenters. The molecular formula is C12H13NOS. The Kier molecular flexibility index (Phi) is 3.48. The van der Waals surface area contributed by atoms with Crippen molar-refractivity contribution in [1.29, 1.82) is 0 Å². The van der Waals surface area contributed by atoms with Crippen molar-refractivity contribution < 1.29 is 5.11 Å². The van der Waals surface area contributed by atoms with Crippen LogP contribution in [-0.2, 0) is 6.42 Å². The molecule has 0 aliphatic heterocycles. The zero-order chi connectivity index (χ0) is 10.5. The number of benzene rings is 1. The molecule has 15 heavy (non-hydrogen) atoms. The molecule has 1 heterocycles. The molecule has 0 aliphatic rings. The number of aliphatic hydroxyl groups excluding tert-OH is 1. The Morgan fingerprint density at radius 1 is 1.27 bits per heavy atom. The fourth-order valence-corrected chi connectivity index (χ4v) is 2.12. The van der Waals surface area contributed by atoms with Gasteiger partial charge in [0, 0.05) is 6.20 Å². The molecule has 3 heteroatoms. The summed E-state index contributed by atoms with van der Waals surface area (Å²) in [5.74, 6) is 0. The zero-order valence-electron chi connectivity index (χ0n) is 8.34. The second-order valence-electron chi connectivity index (χ2n) is 3.44. The van der Waals surface area contributed by atoms with Crippen LogP contribution in [0.15, 0.2) is 42.0 Å². The molecule has 0 saturated carbocycles. The van der Waals surface area contributed by atoms with Gasteiger partial charge in [0.15, 0.2) is 0 Å². The lowest BCUT2D eigenvalue weighted by atomic mass is 10.1. The smallest absolute Gasteiger partial charge is 0.0901 e. The van der Waals surface area contributed by atoms with Gasteiger partial charge in [-0.1, -0.05) is 30.3 Å². The van der Waals surface area contributed by atoms with E-state index in [4.69, 9.17) is 0 Å². The van der Waals surface area contributed by atoms with Crippen LogP contribution in [0.5, 0.6) is 0 Å². The van der Waals surface area contributed by atoms with Gasteiger partial charge in [-0.15, -0.1) is 11.3 Å². The predicted octanol–water partition coefficient (Wildman–Crippen LogP) is 2.81. The molecule has 1 aromatic heterocycles. The average Bonchev–Trinajstić information content (AvgIpc) is 2.81. The SMILES string of the molecule is OC(CCc1ccccc1)c1cncs1. The molecule has 78 valence electrons. The van der Waals surface area contributed by atoms with Crippen molar-refractivity contribution >= 4 is 11.3 Å². The van der Waals surface area contributed by atoms with Crippen molar-refractivity contribution in [3.63, 3.8) is 0 Å². The lowest BCUT2D eigenvalue weighted by Gasteiger charge is -2.07. The number of hydrogen-bond donors (Lipinski definition) is 1. The first kappa shape index (κ1) is 10.3. The van der Waals surface area contributed by atoms with E-state index < -0.39 is 0 Å². The summed E-state index contributed by atoms with van der Waals surface area (Å²) in [6.07, 6.45) is 3.02. The quantitative estimate of drug-likeness (QED) is 0.857. The fourth-order valence-electron chi connectivity index (χ4n) is 1.48. The highest BCUT2D eigenvalue weighted by molar-refractivity contribution is 7.09. The first-order valence-corrected chi connectivity index (χ1v) is 5.84. The summed E-state index contributed by atoms with van der Waals surface area (Å²) in [5, 5.41) is 9.84. The minimum absolute atomic E-state index is 0.377. The Morgan fingerprint density at radius 3 is 2.73 bits per heavy atom. The van der Waals surface area contributed by atoms with E-state index in [2.05, 4.69) is 17.1 Å². The molecule has 0 fully saturated rings. The Bertz CT molecular complexity index is 385. The first-order valence-electron chi connectivity index (χ1n) is 4.96. The normalized spacial score (nSPS) is 12.6. The molecule has 1 N–H and O–H groups in total. The highest BCUT2D eigenvalue weighted by Gasteiger charge is 2.08. The highest BCUT2D eigenvalue weighted by Crippen LogP contribution is 2.21. The number of aryl methyl sites for hydroxylation is 1. The van der Waals surface area contributed by atoms with E-state index in [-0.39, 0.29) is 6.10 Å². The lowest BCUT2D eigenvalue weighted by Crippen LogP contribution is -1.97. The van der Waals surface area contributed by atoms with Crippen LogP contribution in [0.3, 0.4) is 0 Å². The van der Waals surface area contributed by atoms with Gasteiger partial charge in [0.2, 0.25) is 0 Å². The van der Waals surface area contributed by atoms with Crippen LogP contribution in [0.1, 0.15) is 23.0 Å². The van der Waals surface area contributed by atoms with E-state index in [0.29, 0.717) is 0 Å². The van der Waals surface area contributed by atoms with Crippen LogP contribution in [-0.4, -0.2) is 10.1 Å². The topological polar surface area (TPSA) is 33.1 Å². The highest BCUT2D eigenvalue weighted by atomic mass is 32.1. The lowest BCUT2D eigenvalue weighted by molar-refractivity contribution is 0.171. The molecule has 0 saturated heterocycles. The monoisotopic (exact) mass is 219 g/mol. The standard InChI is InChI=1S/C12H13NOS/c14-11(12-8-13-9-15-12)7-6-10-4-2-1-3-5-10/h1-5,8-9,11,14H,6-7H2. The third kappa shape index (κ3) is 2.88. The van der Waals surface area contributed by atoms with Gasteiger partial charge in [-0.25, -0.2) is 0 Å². The fraction of sp³-hybridized carbons (Fsp3) is 0.250. The average molecular weight is 219 g/mol. The summed E-state index contributed by atoms with van der Waals surface area (Å²) in [6, 6.07) is 10.2. The maximum Gasteiger partial charge on any atom is 0.0901 e. The van der Waals surface area contributed by atoms with Crippen molar-refractivity contribution in [1.82, 2.24) is 4.98 Å². The molecule has 0 bridgehead atoms. The zero-order valence-corrected chi connectivity index (χ0v) is 9.15. The summed E-state index contributed by atoms with van der Waals surface area (Å²) in [4.78, 5) is 4.91. The number of aromatic nitrogens is 1. The third-order valence-electron chi connectivity index (χ3n) is 2.33. The van der Waals surface area contributed by atoms with E-state index >= 15 is 0 Å². The third-order valence-corrected chi connectivity index (χ3v) is 3.21. The Labute approximate surface area is 93.2 Å². The van der Waals surface area contributed by atoms with Crippen LogP contribution < -0.4 is 0 Å². The number of aliphatic hydroxyl groups is 1. The molecule has 2 nitrogen and oxygen atoms in total. The van der Waals surface area contributed by atoms with E-state index in [9.17, 15) is 5.11 Å². The molecule has 1 aromatic carbocycles. The summed E-state index contributed by atoms with van der Waals surface area (Å²) in [7, 11) is 0. The Morgan fingerprint density at radius 2 is 2.07 bits per heavy atom. The van der Waals surface area contributed by atoms with Crippen molar-refractivity contribution in [2.75, 3.05) is 0 Å². The maximum absolute atomic E-state index is 9.84. The number of thiazole rings is 1. The summed E-state index contributed by atoms with van der Waals surface area (Å²) in [5.41, 5.74) is 3.02. The second kappa shape index (κ2) is 5.05. The summed E-state index contributed by atoms with van der Waals surface area (Å²) < 4.78 is 0. The van der Waals surface area contributed by atoms with Gasteiger partial charge in [-0.2, -0.15) is 0 Å². The van der Waals surface area contributed by atoms with E-state index in [0.717, 1.165) is 17.7 Å². The van der Waals surface area contributed by atoms with Crippen LogP contribution >= 0.6 is 11.3 Å². The van der Waals surface area contributed by atoms with Gasteiger partial charge < -0.3 is 5.11 Å². The number of nitrogens with zero attached hydrogens (tertiary/aromatic N) is 1. The molecule has 1 atom stereocenters. The van der Waals surface area contributed by atoms with E-state index in [1.54, 1.807) is 11.7 Å². The van der Waals surface area contributed by atoms with E-state index in [1.807, 2.05) is 18.2 Å². The Hall–Kier alpha value is -1.19. The van der Waals surface area contributed by atoms with E-state index in [1.165, 1.54) is 16.9 Å². The molecule has 0 radical (unpaired) electrons. The van der Waals surface area contributed by atoms with Crippen molar-refractivity contribution in [3.8, 4) is 0 Å². The number of rotatable bonds is 4. The summed E-state index contributed by atoms with van der Waals surface area (Å²) in [6.45, 7) is 0. The molecule has 0 spiro atoms. The van der Waals surface area contributed by atoms with Crippen molar-refractivity contribution in [3.05, 3.63) is 52.5 Å². The van der Waals surface area contributed by atoms with Gasteiger partial charge >= 0.3 is 0 Å². The maximum atomic E-state index is 9.84. The van der Waals surface area contributed by atoms with Crippen LogP contribution in [0.4, 0.5) is 0 Å². The van der Waals surface area contributed by atoms with Crippen LogP contribution in [0.2, 0.25) is 0 Å². The number of hydrogen-bond acceptors (Lipinski definition) is 3.